The summed E-state index contributed by atoms with van der Waals surface area (Å²) in [6.07, 6.45) is 4.41. The molecule has 2 heterocycles. The van der Waals surface area contributed by atoms with Crippen LogP contribution in [-0.2, 0) is 16.0 Å². The molecule has 1 aromatic rings. The standard InChI is InChI=1S/C22H32N4O4/c1-5-8-17-18(22(29)30-6-2)19(24-15(4)23-17)21(28)25-11-12-26(14(3)13-25)20(27)16-9-7-10-16/h14,16H,5-13H2,1-4H3. The number of aryl methyl sites for hydroxylation is 2. The number of hydrogen-bond donors (Lipinski definition) is 0. The van der Waals surface area contributed by atoms with Crippen molar-refractivity contribution in [1.82, 2.24) is 19.8 Å². The molecule has 164 valence electrons. The van der Waals surface area contributed by atoms with Crippen LogP contribution in [0.25, 0.3) is 0 Å². The lowest BCUT2D eigenvalue weighted by molar-refractivity contribution is -0.142. The Morgan fingerprint density at radius 3 is 2.43 bits per heavy atom. The Bertz CT molecular complexity index is 822. The first-order valence-electron chi connectivity index (χ1n) is 11.0. The number of nitrogens with zero attached hydrogens (tertiary/aromatic N) is 4. The van der Waals surface area contributed by atoms with Gasteiger partial charge in [0.1, 0.15) is 17.1 Å². The summed E-state index contributed by atoms with van der Waals surface area (Å²) in [5.41, 5.74) is 0.837. The van der Waals surface area contributed by atoms with E-state index in [-0.39, 0.29) is 41.6 Å². The fraction of sp³-hybridized carbons (Fsp3) is 0.682. The molecular formula is C22H32N4O4. The predicted octanol–water partition coefficient (Wildman–Crippen LogP) is 2.39. The minimum Gasteiger partial charge on any atom is -0.462 e. The van der Waals surface area contributed by atoms with Gasteiger partial charge < -0.3 is 14.5 Å². The molecule has 0 spiro atoms. The zero-order valence-electron chi connectivity index (χ0n) is 18.4. The fourth-order valence-corrected chi connectivity index (χ4v) is 4.13. The van der Waals surface area contributed by atoms with Crippen LogP contribution in [0.1, 0.15) is 78.8 Å². The molecule has 8 nitrogen and oxygen atoms in total. The zero-order valence-corrected chi connectivity index (χ0v) is 18.4. The smallest absolute Gasteiger partial charge is 0.342 e. The summed E-state index contributed by atoms with van der Waals surface area (Å²) in [7, 11) is 0. The second-order valence-electron chi connectivity index (χ2n) is 8.17. The van der Waals surface area contributed by atoms with Crippen molar-refractivity contribution in [3.8, 4) is 0 Å². The van der Waals surface area contributed by atoms with Crippen molar-refractivity contribution in [1.29, 1.82) is 0 Å². The molecule has 1 aliphatic heterocycles. The Morgan fingerprint density at radius 1 is 1.13 bits per heavy atom. The lowest BCUT2D eigenvalue weighted by Gasteiger charge is -2.42. The molecule has 30 heavy (non-hydrogen) atoms. The first kappa shape index (κ1) is 22.2. The van der Waals surface area contributed by atoms with Gasteiger partial charge in [0.2, 0.25) is 5.91 Å². The van der Waals surface area contributed by atoms with Crippen molar-refractivity contribution in [2.75, 3.05) is 26.2 Å². The highest BCUT2D eigenvalue weighted by atomic mass is 16.5. The molecular weight excluding hydrogens is 384 g/mol. The number of carbonyl (C=O) groups is 3. The van der Waals surface area contributed by atoms with Crippen LogP contribution in [0.4, 0.5) is 0 Å². The Hall–Kier alpha value is -2.51. The number of carbonyl (C=O) groups excluding carboxylic acids is 3. The van der Waals surface area contributed by atoms with Crippen molar-refractivity contribution in [2.24, 2.45) is 5.92 Å². The van der Waals surface area contributed by atoms with E-state index in [1.807, 2.05) is 18.7 Å². The summed E-state index contributed by atoms with van der Waals surface area (Å²) in [5, 5.41) is 0. The highest BCUT2D eigenvalue weighted by molar-refractivity contribution is 6.04. The van der Waals surface area contributed by atoms with Crippen LogP contribution >= 0.6 is 0 Å². The van der Waals surface area contributed by atoms with Gasteiger partial charge in [-0.2, -0.15) is 0 Å². The average Bonchev–Trinajstić information content (AvgIpc) is 2.65. The maximum Gasteiger partial charge on any atom is 0.342 e. The topological polar surface area (TPSA) is 92.7 Å². The molecule has 3 rings (SSSR count). The first-order valence-corrected chi connectivity index (χ1v) is 11.0. The summed E-state index contributed by atoms with van der Waals surface area (Å²) in [5.74, 6) is -0.0521. The minimum absolute atomic E-state index is 0.0695. The molecule has 0 radical (unpaired) electrons. The molecule has 0 aromatic carbocycles. The minimum atomic E-state index is -0.559. The second-order valence-corrected chi connectivity index (χ2v) is 8.17. The van der Waals surface area contributed by atoms with Crippen LogP contribution in [0, 0.1) is 12.8 Å². The van der Waals surface area contributed by atoms with Crippen LogP contribution in [-0.4, -0.2) is 69.8 Å². The van der Waals surface area contributed by atoms with E-state index in [9.17, 15) is 14.4 Å². The number of amides is 2. The van der Waals surface area contributed by atoms with E-state index in [1.165, 1.54) is 0 Å². The third-order valence-corrected chi connectivity index (χ3v) is 5.92. The van der Waals surface area contributed by atoms with Gasteiger partial charge in [-0.15, -0.1) is 0 Å². The van der Waals surface area contributed by atoms with Crippen molar-refractivity contribution in [3.63, 3.8) is 0 Å². The van der Waals surface area contributed by atoms with Gasteiger partial charge in [-0.3, -0.25) is 9.59 Å². The molecule has 2 fully saturated rings. The maximum absolute atomic E-state index is 13.4. The van der Waals surface area contributed by atoms with E-state index in [0.717, 1.165) is 25.7 Å². The summed E-state index contributed by atoms with van der Waals surface area (Å²) in [4.78, 5) is 51.0. The quantitative estimate of drug-likeness (QED) is 0.661. The number of esters is 1. The Morgan fingerprint density at radius 2 is 1.87 bits per heavy atom. The summed E-state index contributed by atoms with van der Waals surface area (Å²) in [6.45, 7) is 8.98. The van der Waals surface area contributed by atoms with Gasteiger partial charge in [0, 0.05) is 31.6 Å². The van der Waals surface area contributed by atoms with E-state index < -0.39 is 5.97 Å². The molecule has 2 amide bonds. The molecule has 0 bridgehead atoms. The van der Waals surface area contributed by atoms with Crippen LogP contribution in [0.5, 0.6) is 0 Å². The summed E-state index contributed by atoms with van der Waals surface area (Å²) < 4.78 is 5.21. The number of rotatable bonds is 6. The summed E-state index contributed by atoms with van der Waals surface area (Å²) in [6, 6.07) is -0.0695. The highest BCUT2D eigenvalue weighted by Gasteiger charge is 2.37. The zero-order chi connectivity index (χ0) is 21.8. The largest absolute Gasteiger partial charge is 0.462 e. The number of aromatic nitrogens is 2. The maximum atomic E-state index is 13.4. The van der Waals surface area contributed by atoms with Crippen LogP contribution in [0.15, 0.2) is 0 Å². The van der Waals surface area contributed by atoms with Gasteiger partial charge >= 0.3 is 5.97 Å². The Kier molecular flexibility index (Phi) is 7.05. The third kappa shape index (κ3) is 4.47. The van der Waals surface area contributed by atoms with E-state index in [4.69, 9.17) is 4.74 Å². The van der Waals surface area contributed by atoms with Crippen molar-refractivity contribution < 1.29 is 19.1 Å². The average molecular weight is 417 g/mol. The van der Waals surface area contributed by atoms with Gasteiger partial charge in [0.05, 0.1) is 12.3 Å². The summed E-state index contributed by atoms with van der Waals surface area (Å²) >= 11 is 0. The van der Waals surface area contributed by atoms with Gasteiger partial charge in [-0.1, -0.05) is 19.8 Å². The van der Waals surface area contributed by atoms with Crippen molar-refractivity contribution >= 4 is 17.8 Å². The second kappa shape index (κ2) is 9.53. The highest BCUT2D eigenvalue weighted by Crippen LogP contribution is 2.30. The van der Waals surface area contributed by atoms with Crippen LogP contribution in [0.3, 0.4) is 0 Å². The van der Waals surface area contributed by atoms with E-state index in [0.29, 0.717) is 37.6 Å². The van der Waals surface area contributed by atoms with Crippen molar-refractivity contribution in [3.05, 3.63) is 22.8 Å². The molecule has 1 saturated carbocycles. The first-order chi connectivity index (χ1) is 14.4. The predicted molar refractivity (Wildman–Crippen MR) is 111 cm³/mol. The van der Waals surface area contributed by atoms with E-state index in [2.05, 4.69) is 9.97 Å². The normalized spacial score (nSPS) is 19.4. The van der Waals surface area contributed by atoms with Gasteiger partial charge in [0.25, 0.3) is 5.91 Å². The molecule has 1 aliphatic carbocycles. The number of hydrogen-bond acceptors (Lipinski definition) is 6. The fourth-order valence-electron chi connectivity index (χ4n) is 4.13. The van der Waals surface area contributed by atoms with E-state index >= 15 is 0 Å². The van der Waals surface area contributed by atoms with Crippen LogP contribution < -0.4 is 0 Å². The molecule has 2 aliphatic rings. The number of ether oxygens (including phenoxy) is 1. The lowest BCUT2D eigenvalue weighted by Crippen LogP contribution is -2.57. The van der Waals surface area contributed by atoms with Crippen molar-refractivity contribution in [2.45, 2.75) is 65.8 Å². The molecule has 0 N–H and O–H groups in total. The van der Waals surface area contributed by atoms with Gasteiger partial charge in [-0.25, -0.2) is 14.8 Å². The third-order valence-electron chi connectivity index (χ3n) is 5.92. The number of piperazine rings is 1. The SMILES string of the molecule is CCCc1nc(C)nc(C(=O)N2CCN(C(=O)C3CCC3)C(C)C2)c1C(=O)OCC. The molecule has 1 aromatic heterocycles. The van der Waals surface area contributed by atoms with Crippen LogP contribution in [0.2, 0.25) is 0 Å². The van der Waals surface area contributed by atoms with Gasteiger partial charge in [-0.05, 0) is 40.0 Å². The Balaban J connectivity index is 1.84. The molecule has 1 saturated heterocycles. The molecule has 1 unspecified atom stereocenters. The Labute approximate surface area is 178 Å². The van der Waals surface area contributed by atoms with Gasteiger partial charge in [0.15, 0.2) is 0 Å². The molecule has 8 heteroatoms. The van der Waals surface area contributed by atoms with E-state index in [1.54, 1.807) is 18.7 Å². The molecule has 1 atom stereocenters. The lowest BCUT2D eigenvalue weighted by atomic mass is 9.84. The monoisotopic (exact) mass is 416 g/mol.